The van der Waals surface area contributed by atoms with Crippen LogP contribution in [-0.2, 0) is 4.74 Å². The molecule has 0 unspecified atom stereocenters. The highest BCUT2D eigenvalue weighted by Gasteiger charge is 2.61. The van der Waals surface area contributed by atoms with Gasteiger partial charge in [-0.05, 0) is 75.0 Å². The Labute approximate surface area is 131 Å². The van der Waals surface area contributed by atoms with Crippen LogP contribution < -0.4 is 0 Å². The molecular weight excluding hydrogens is 256 g/mol. The van der Waals surface area contributed by atoms with Crippen molar-refractivity contribution in [3.8, 4) is 0 Å². The smallest absolute Gasteiger partial charge is 0.0839 e. The number of rotatable bonds is 1. The summed E-state index contributed by atoms with van der Waals surface area (Å²) in [5.41, 5.74) is 0.920. The Bertz CT molecular complexity index is 439. The monoisotopic (exact) mass is 290 g/mol. The van der Waals surface area contributed by atoms with E-state index in [4.69, 9.17) is 4.74 Å². The molecule has 0 radical (unpaired) electrons. The highest BCUT2D eigenvalue weighted by molar-refractivity contribution is 5.12. The van der Waals surface area contributed by atoms with Gasteiger partial charge in [-0.2, -0.15) is 0 Å². The first-order chi connectivity index (χ1) is 9.65. The van der Waals surface area contributed by atoms with E-state index >= 15 is 0 Å². The third kappa shape index (κ3) is 2.22. The Hall–Kier alpha value is -0.300. The summed E-state index contributed by atoms with van der Waals surface area (Å²) in [6, 6.07) is 0. The fourth-order valence-corrected chi connectivity index (χ4v) is 6.52. The molecule has 0 aromatic heterocycles. The van der Waals surface area contributed by atoms with E-state index in [2.05, 4.69) is 41.2 Å². The van der Waals surface area contributed by atoms with Crippen molar-refractivity contribution in [1.29, 1.82) is 0 Å². The number of fused-ring (bicyclic) bond motifs is 3. The summed E-state index contributed by atoms with van der Waals surface area (Å²) in [5.74, 6) is 1.59. The van der Waals surface area contributed by atoms with Gasteiger partial charge in [0.2, 0.25) is 0 Å². The normalized spacial score (nSPS) is 52.6. The molecule has 1 aliphatic heterocycles. The van der Waals surface area contributed by atoms with E-state index in [1.165, 1.54) is 38.5 Å². The summed E-state index contributed by atoms with van der Waals surface area (Å²) in [6.45, 7) is 16.2. The van der Waals surface area contributed by atoms with Crippen molar-refractivity contribution in [2.24, 2.45) is 22.7 Å². The molecule has 1 nitrogen and oxygen atoms in total. The molecule has 120 valence electrons. The molecule has 1 heteroatoms. The van der Waals surface area contributed by atoms with Gasteiger partial charge in [-0.25, -0.2) is 0 Å². The van der Waals surface area contributed by atoms with Crippen LogP contribution in [0.2, 0.25) is 0 Å². The molecule has 2 saturated carbocycles. The summed E-state index contributed by atoms with van der Waals surface area (Å²) in [6.07, 6.45) is 11.2. The van der Waals surface area contributed by atoms with Crippen LogP contribution in [0.15, 0.2) is 12.7 Å². The number of hydrogen-bond acceptors (Lipinski definition) is 1. The van der Waals surface area contributed by atoms with Crippen LogP contribution in [0.25, 0.3) is 0 Å². The average Bonchev–Trinajstić information content (AvgIpc) is 2.36. The second-order valence-electron chi connectivity index (χ2n) is 9.46. The van der Waals surface area contributed by atoms with E-state index in [1.54, 1.807) is 0 Å². The lowest BCUT2D eigenvalue weighted by Gasteiger charge is -2.65. The van der Waals surface area contributed by atoms with Gasteiger partial charge in [0.15, 0.2) is 0 Å². The molecule has 21 heavy (non-hydrogen) atoms. The third-order valence-electron chi connectivity index (χ3n) is 7.57. The SMILES string of the molecule is C=C[C@]1(C)CC[C@@H]2[C@]3(C)CCCC(C)(C)[C@H]3CC[C@]2(C)O1. The first kappa shape index (κ1) is 15.6. The van der Waals surface area contributed by atoms with Crippen molar-refractivity contribution in [3.63, 3.8) is 0 Å². The third-order valence-corrected chi connectivity index (χ3v) is 7.57. The molecule has 2 aliphatic carbocycles. The molecule has 0 spiro atoms. The van der Waals surface area contributed by atoms with Gasteiger partial charge in [0, 0.05) is 0 Å². The topological polar surface area (TPSA) is 9.23 Å². The molecule has 0 N–H and O–H groups in total. The van der Waals surface area contributed by atoms with Crippen molar-refractivity contribution in [2.75, 3.05) is 0 Å². The molecule has 3 aliphatic rings. The summed E-state index contributed by atoms with van der Waals surface area (Å²) in [4.78, 5) is 0. The van der Waals surface area contributed by atoms with Gasteiger partial charge in [-0.1, -0.05) is 33.3 Å². The fraction of sp³-hybridized carbons (Fsp3) is 0.900. The molecule has 3 rings (SSSR count). The van der Waals surface area contributed by atoms with Crippen LogP contribution in [0.5, 0.6) is 0 Å². The number of ether oxygens (including phenoxy) is 1. The summed E-state index contributed by atoms with van der Waals surface area (Å²) >= 11 is 0. The largest absolute Gasteiger partial charge is 0.365 e. The zero-order chi connectivity index (χ0) is 15.5. The van der Waals surface area contributed by atoms with E-state index in [-0.39, 0.29) is 11.2 Å². The van der Waals surface area contributed by atoms with E-state index in [9.17, 15) is 0 Å². The van der Waals surface area contributed by atoms with Crippen LogP contribution in [-0.4, -0.2) is 11.2 Å². The van der Waals surface area contributed by atoms with Crippen molar-refractivity contribution in [1.82, 2.24) is 0 Å². The van der Waals surface area contributed by atoms with E-state index in [1.807, 2.05) is 6.08 Å². The lowest BCUT2D eigenvalue weighted by molar-refractivity contribution is -0.252. The Balaban J connectivity index is 1.94. The quantitative estimate of drug-likeness (QED) is 0.559. The van der Waals surface area contributed by atoms with Gasteiger partial charge < -0.3 is 4.74 Å². The average molecular weight is 290 g/mol. The molecule has 0 aromatic carbocycles. The summed E-state index contributed by atoms with van der Waals surface area (Å²) in [5, 5.41) is 0. The van der Waals surface area contributed by atoms with Gasteiger partial charge >= 0.3 is 0 Å². The standard InChI is InChI=1S/C20H34O/c1-7-18(4)13-9-16-19(5)12-8-11-17(2,3)15(19)10-14-20(16,6)21-18/h7,15-16H,1,8-14H2,2-6H3/t15-,16-,18-,19-,20+/m1/s1. The summed E-state index contributed by atoms with van der Waals surface area (Å²) < 4.78 is 6.68. The minimum Gasteiger partial charge on any atom is -0.365 e. The Morgan fingerprint density at radius 1 is 0.905 bits per heavy atom. The Morgan fingerprint density at radius 2 is 1.57 bits per heavy atom. The molecule has 0 aromatic rings. The highest BCUT2D eigenvalue weighted by atomic mass is 16.5. The van der Waals surface area contributed by atoms with Gasteiger partial charge in [-0.3, -0.25) is 0 Å². The number of hydrogen-bond donors (Lipinski definition) is 0. The summed E-state index contributed by atoms with van der Waals surface area (Å²) in [7, 11) is 0. The van der Waals surface area contributed by atoms with Crippen LogP contribution >= 0.6 is 0 Å². The second-order valence-corrected chi connectivity index (χ2v) is 9.46. The van der Waals surface area contributed by atoms with Gasteiger partial charge in [-0.15, -0.1) is 6.58 Å². The molecule has 1 saturated heterocycles. The predicted molar refractivity (Wildman–Crippen MR) is 89.3 cm³/mol. The van der Waals surface area contributed by atoms with Gasteiger partial charge in [0.05, 0.1) is 11.2 Å². The first-order valence-corrected chi connectivity index (χ1v) is 8.99. The first-order valence-electron chi connectivity index (χ1n) is 8.99. The maximum Gasteiger partial charge on any atom is 0.0839 e. The maximum absolute atomic E-state index is 6.68. The van der Waals surface area contributed by atoms with Crippen molar-refractivity contribution < 1.29 is 4.74 Å². The minimum atomic E-state index is -0.112. The maximum atomic E-state index is 6.68. The molecule has 0 amide bonds. The molecular formula is C20H34O. The van der Waals surface area contributed by atoms with Crippen LogP contribution in [0.3, 0.4) is 0 Å². The van der Waals surface area contributed by atoms with Gasteiger partial charge in [0.25, 0.3) is 0 Å². The molecule has 3 fully saturated rings. The lowest BCUT2D eigenvalue weighted by Crippen LogP contribution is -2.62. The minimum absolute atomic E-state index is 0.0554. The highest BCUT2D eigenvalue weighted by Crippen LogP contribution is 2.65. The lowest BCUT2D eigenvalue weighted by atomic mass is 9.44. The fourth-order valence-electron chi connectivity index (χ4n) is 6.52. The van der Waals surface area contributed by atoms with E-state index < -0.39 is 0 Å². The zero-order valence-electron chi connectivity index (χ0n) is 14.8. The Morgan fingerprint density at radius 3 is 2.24 bits per heavy atom. The zero-order valence-corrected chi connectivity index (χ0v) is 14.8. The molecule has 5 atom stereocenters. The Kier molecular flexibility index (Phi) is 3.41. The van der Waals surface area contributed by atoms with Crippen LogP contribution in [0, 0.1) is 22.7 Å². The van der Waals surface area contributed by atoms with Crippen LogP contribution in [0.1, 0.15) is 79.6 Å². The van der Waals surface area contributed by atoms with Gasteiger partial charge in [0.1, 0.15) is 0 Å². The van der Waals surface area contributed by atoms with E-state index in [0.29, 0.717) is 10.8 Å². The predicted octanol–water partition coefficient (Wildman–Crippen LogP) is 5.74. The van der Waals surface area contributed by atoms with Crippen molar-refractivity contribution in [2.45, 2.75) is 90.8 Å². The van der Waals surface area contributed by atoms with Crippen LogP contribution in [0.4, 0.5) is 0 Å². The van der Waals surface area contributed by atoms with Crippen molar-refractivity contribution >= 4 is 0 Å². The molecule has 0 bridgehead atoms. The van der Waals surface area contributed by atoms with E-state index in [0.717, 1.165) is 18.3 Å². The van der Waals surface area contributed by atoms with Crippen molar-refractivity contribution in [3.05, 3.63) is 12.7 Å². The molecule has 1 heterocycles. The second kappa shape index (κ2) is 4.60.